The summed E-state index contributed by atoms with van der Waals surface area (Å²) in [4.78, 5) is 0. The minimum absolute atomic E-state index is 0.199. The molecule has 0 bridgehead atoms. The lowest BCUT2D eigenvalue weighted by atomic mass is 10.1. The van der Waals surface area contributed by atoms with Crippen LogP contribution in [0.4, 0.5) is 0 Å². The number of hydrogen-bond acceptors (Lipinski definition) is 1. The molecule has 0 spiro atoms. The number of rotatable bonds is 2. The minimum atomic E-state index is -1.76. The van der Waals surface area contributed by atoms with Crippen LogP contribution in [-0.2, 0) is 16.8 Å². The highest BCUT2D eigenvalue weighted by Gasteiger charge is 1.98. The molecule has 1 atom stereocenters. The van der Waals surface area contributed by atoms with Crippen LogP contribution in [0.2, 0.25) is 0 Å². The van der Waals surface area contributed by atoms with E-state index in [0.29, 0.717) is 0 Å². The van der Waals surface area contributed by atoms with Gasteiger partial charge in [-0.2, -0.15) is 0 Å². The van der Waals surface area contributed by atoms with E-state index in [2.05, 4.69) is 0 Å². The van der Waals surface area contributed by atoms with Gasteiger partial charge in [0.2, 0.25) is 0 Å². The fourth-order valence-corrected chi connectivity index (χ4v) is 1.94. The summed E-state index contributed by atoms with van der Waals surface area (Å²) in [6, 6.07) is 13.8. The fraction of sp³-hybridized carbons (Fsp3) is 0.0909. The molecule has 14 heavy (non-hydrogen) atoms. The first-order valence-electron chi connectivity index (χ1n) is 4.31. The molecule has 72 valence electrons. The largest absolute Gasteiger partial charge is 0.306 e. The van der Waals surface area contributed by atoms with Gasteiger partial charge in [0.05, 0.1) is 5.75 Å². The van der Waals surface area contributed by atoms with Crippen LogP contribution in [0.15, 0.2) is 42.5 Å². The average molecular weight is 206 g/mol. The van der Waals surface area contributed by atoms with E-state index in [1.165, 1.54) is 0 Å². The molecule has 2 rings (SSSR count). The van der Waals surface area contributed by atoms with Crippen molar-refractivity contribution in [3.63, 3.8) is 0 Å². The molecule has 0 saturated heterocycles. The zero-order valence-electron chi connectivity index (χ0n) is 7.51. The van der Waals surface area contributed by atoms with Crippen LogP contribution in [0.1, 0.15) is 5.56 Å². The van der Waals surface area contributed by atoms with Gasteiger partial charge < -0.3 is 4.55 Å². The summed E-state index contributed by atoms with van der Waals surface area (Å²) in [5.74, 6) is 0.199. The molecule has 1 N–H and O–H groups in total. The first-order valence-corrected chi connectivity index (χ1v) is 5.58. The van der Waals surface area contributed by atoms with E-state index in [4.69, 9.17) is 4.55 Å². The third-order valence-corrected chi connectivity index (χ3v) is 2.68. The van der Waals surface area contributed by atoms with Crippen LogP contribution < -0.4 is 0 Å². The highest BCUT2D eigenvalue weighted by molar-refractivity contribution is 7.78. The van der Waals surface area contributed by atoms with Crippen molar-refractivity contribution in [3.8, 4) is 0 Å². The van der Waals surface area contributed by atoms with E-state index in [1.807, 2.05) is 42.5 Å². The summed E-state index contributed by atoms with van der Waals surface area (Å²) >= 11 is -1.76. The summed E-state index contributed by atoms with van der Waals surface area (Å²) in [5.41, 5.74) is 0.893. The van der Waals surface area contributed by atoms with Crippen molar-refractivity contribution in [1.29, 1.82) is 0 Å². The Morgan fingerprint density at radius 2 is 1.79 bits per heavy atom. The van der Waals surface area contributed by atoms with E-state index in [9.17, 15) is 4.21 Å². The summed E-state index contributed by atoms with van der Waals surface area (Å²) in [7, 11) is 0. The van der Waals surface area contributed by atoms with E-state index in [-0.39, 0.29) is 5.75 Å². The van der Waals surface area contributed by atoms with Gasteiger partial charge in [-0.15, -0.1) is 0 Å². The maximum atomic E-state index is 10.6. The van der Waals surface area contributed by atoms with Crippen molar-refractivity contribution >= 4 is 21.9 Å². The molecule has 2 aromatic rings. The zero-order chi connectivity index (χ0) is 9.97. The summed E-state index contributed by atoms with van der Waals surface area (Å²) in [6.45, 7) is 0. The normalized spacial score (nSPS) is 12.9. The highest BCUT2D eigenvalue weighted by Crippen LogP contribution is 2.16. The molecule has 0 aliphatic rings. The van der Waals surface area contributed by atoms with Gasteiger partial charge in [0.25, 0.3) is 0 Å². The maximum Gasteiger partial charge on any atom is 0.157 e. The Kier molecular flexibility index (Phi) is 2.61. The Morgan fingerprint density at radius 1 is 1.07 bits per heavy atom. The van der Waals surface area contributed by atoms with Gasteiger partial charge in [-0.1, -0.05) is 42.5 Å². The molecule has 2 nitrogen and oxygen atoms in total. The molecule has 0 radical (unpaired) electrons. The molecule has 2 aromatic carbocycles. The van der Waals surface area contributed by atoms with Gasteiger partial charge in [-0.05, 0) is 16.3 Å². The molecule has 3 heteroatoms. The number of hydrogen-bond donors (Lipinski definition) is 1. The van der Waals surface area contributed by atoms with Gasteiger partial charge in [-0.3, -0.25) is 0 Å². The average Bonchev–Trinajstić information content (AvgIpc) is 2.17. The lowest BCUT2D eigenvalue weighted by molar-refractivity contribution is 0.563. The summed E-state index contributed by atoms with van der Waals surface area (Å²) in [6.07, 6.45) is 0. The first kappa shape index (κ1) is 9.37. The van der Waals surface area contributed by atoms with E-state index in [1.54, 1.807) is 0 Å². The molecule has 0 aliphatic carbocycles. The molecule has 0 heterocycles. The van der Waals surface area contributed by atoms with E-state index in [0.717, 1.165) is 16.3 Å². The molecular formula is C11H10O2S. The smallest absolute Gasteiger partial charge is 0.157 e. The quantitative estimate of drug-likeness (QED) is 0.767. The Balaban J connectivity index is 2.46. The van der Waals surface area contributed by atoms with Crippen molar-refractivity contribution in [2.45, 2.75) is 5.75 Å². The molecule has 0 aliphatic heterocycles. The molecular weight excluding hydrogens is 196 g/mol. The van der Waals surface area contributed by atoms with E-state index < -0.39 is 11.1 Å². The number of benzene rings is 2. The van der Waals surface area contributed by atoms with Crippen molar-refractivity contribution in [2.75, 3.05) is 0 Å². The lowest BCUT2D eigenvalue weighted by Crippen LogP contribution is -1.92. The molecule has 1 unspecified atom stereocenters. The van der Waals surface area contributed by atoms with Crippen molar-refractivity contribution in [2.24, 2.45) is 0 Å². The SMILES string of the molecule is O=S(O)Cc1ccc2ccccc2c1. The molecule has 0 fully saturated rings. The predicted octanol–water partition coefficient (Wildman–Crippen LogP) is 2.56. The van der Waals surface area contributed by atoms with Gasteiger partial charge in [0.15, 0.2) is 11.1 Å². The Labute approximate surface area is 84.9 Å². The van der Waals surface area contributed by atoms with Crippen molar-refractivity contribution < 1.29 is 8.76 Å². The van der Waals surface area contributed by atoms with Gasteiger partial charge >= 0.3 is 0 Å². The molecule has 0 saturated carbocycles. The van der Waals surface area contributed by atoms with Crippen molar-refractivity contribution in [3.05, 3.63) is 48.0 Å². The standard InChI is InChI=1S/C11H10O2S/c12-14(13)8-9-5-6-10-3-1-2-4-11(10)7-9/h1-7H,8H2,(H,12,13). The highest BCUT2D eigenvalue weighted by atomic mass is 32.2. The molecule has 0 aromatic heterocycles. The van der Waals surface area contributed by atoms with Crippen LogP contribution >= 0.6 is 0 Å². The predicted molar refractivity (Wildman–Crippen MR) is 58.4 cm³/mol. The van der Waals surface area contributed by atoms with Crippen LogP contribution in [0.3, 0.4) is 0 Å². The number of fused-ring (bicyclic) bond motifs is 1. The van der Waals surface area contributed by atoms with Crippen molar-refractivity contribution in [1.82, 2.24) is 0 Å². The van der Waals surface area contributed by atoms with Crippen LogP contribution in [-0.4, -0.2) is 8.76 Å². The minimum Gasteiger partial charge on any atom is -0.306 e. The Hall–Kier alpha value is -1.19. The van der Waals surface area contributed by atoms with Gasteiger partial charge in [0.1, 0.15) is 0 Å². The Morgan fingerprint density at radius 3 is 2.50 bits per heavy atom. The lowest BCUT2D eigenvalue weighted by Gasteiger charge is -2.00. The van der Waals surface area contributed by atoms with Gasteiger partial charge in [0, 0.05) is 0 Å². The monoisotopic (exact) mass is 206 g/mol. The second-order valence-electron chi connectivity index (χ2n) is 3.15. The fourth-order valence-electron chi connectivity index (χ4n) is 1.47. The van der Waals surface area contributed by atoms with Crippen LogP contribution in [0.5, 0.6) is 0 Å². The maximum absolute atomic E-state index is 10.6. The first-order chi connectivity index (χ1) is 6.75. The second-order valence-corrected chi connectivity index (χ2v) is 4.08. The summed E-state index contributed by atoms with van der Waals surface area (Å²) in [5, 5.41) is 2.26. The molecule has 0 amide bonds. The summed E-state index contributed by atoms with van der Waals surface area (Å²) < 4.78 is 19.4. The van der Waals surface area contributed by atoms with E-state index >= 15 is 0 Å². The third-order valence-electron chi connectivity index (χ3n) is 2.10. The van der Waals surface area contributed by atoms with Crippen LogP contribution in [0, 0.1) is 0 Å². The topological polar surface area (TPSA) is 37.3 Å². The zero-order valence-corrected chi connectivity index (χ0v) is 8.33. The van der Waals surface area contributed by atoms with Gasteiger partial charge in [-0.25, -0.2) is 4.21 Å². The Bertz CT molecular complexity index is 479. The van der Waals surface area contributed by atoms with Crippen LogP contribution in [0.25, 0.3) is 10.8 Å². The third kappa shape index (κ3) is 2.00. The second kappa shape index (κ2) is 3.90.